The van der Waals surface area contributed by atoms with Gasteiger partial charge in [0, 0.05) is 54.3 Å². The van der Waals surface area contributed by atoms with Crippen molar-refractivity contribution in [3.8, 4) is 0 Å². The fourth-order valence-electron chi connectivity index (χ4n) is 2.14. The zero-order valence-electron chi connectivity index (χ0n) is 10.9. The second kappa shape index (κ2) is 6.52. The van der Waals surface area contributed by atoms with Crippen LogP contribution in [0.5, 0.6) is 0 Å². The summed E-state index contributed by atoms with van der Waals surface area (Å²) in [6.45, 7) is 4.21. The SMILES string of the molecule is CC(=O)N1CCN(C(=O)CCc2cc(Br)cs2)CC1. The van der Waals surface area contributed by atoms with Crippen LogP contribution in [-0.2, 0) is 16.0 Å². The molecular weight excluding hydrogens is 328 g/mol. The van der Waals surface area contributed by atoms with E-state index < -0.39 is 0 Å². The van der Waals surface area contributed by atoms with Gasteiger partial charge in [-0.1, -0.05) is 0 Å². The number of hydrogen-bond acceptors (Lipinski definition) is 3. The molecule has 4 nitrogen and oxygen atoms in total. The van der Waals surface area contributed by atoms with E-state index in [1.807, 2.05) is 10.3 Å². The van der Waals surface area contributed by atoms with Crippen LogP contribution in [0.4, 0.5) is 0 Å². The highest BCUT2D eigenvalue weighted by molar-refractivity contribution is 9.10. The highest BCUT2D eigenvalue weighted by Crippen LogP contribution is 2.21. The third-order valence-electron chi connectivity index (χ3n) is 3.28. The summed E-state index contributed by atoms with van der Waals surface area (Å²) in [6, 6.07) is 2.06. The maximum atomic E-state index is 12.1. The predicted molar refractivity (Wildman–Crippen MR) is 79.2 cm³/mol. The van der Waals surface area contributed by atoms with E-state index in [9.17, 15) is 9.59 Å². The number of amides is 2. The zero-order valence-corrected chi connectivity index (χ0v) is 13.3. The Bertz CT molecular complexity index is 467. The van der Waals surface area contributed by atoms with E-state index in [1.165, 1.54) is 4.88 Å². The fraction of sp³-hybridized carbons (Fsp3) is 0.538. The van der Waals surface area contributed by atoms with Gasteiger partial charge in [-0.3, -0.25) is 9.59 Å². The summed E-state index contributed by atoms with van der Waals surface area (Å²) in [7, 11) is 0. The molecule has 0 radical (unpaired) electrons. The van der Waals surface area contributed by atoms with E-state index in [4.69, 9.17) is 0 Å². The molecule has 0 aromatic carbocycles. The van der Waals surface area contributed by atoms with Crippen molar-refractivity contribution in [1.29, 1.82) is 0 Å². The van der Waals surface area contributed by atoms with Crippen LogP contribution < -0.4 is 0 Å². The molecule has 104 valence electrons. The predicted octanol–water partition coefficient (Wildman–Crippen LogP) is 2.13. The van der Waals surface area contributed by atoms with Gasteiger partial charge in [-0.05, 0) is 28.4 Å². The van der Waals surface area contributed by atoms with Gasteiger partial charge in [0.05, 0.1) is 0 Å². The van der Waals surface area contributed by atoms with Crippen molar-refractivity contribution < 1.29 is 9.59 Å². The van der Waals surface area contributed by atoms with Gasteiger partial charge in [0.1, 0.15) is 0 Å². The average Bonchev–Trinajstić information content (AvgIpc) is 2.82. The molecule has 0 spiro atoms. The second-order valence-electron chi connectivity index (χ2n) is 4.62. The minimum absolute atomic E-state index is 0.0931. The first kappa shape index (κ1) is 14.5. The molecule has 0 atom stereocenters. The van der Waals surface area contributed by atoms with Gasteiger partial charge >= 0.3 is 0 Å². The van der Waals surface area contributed by atoms with Gasteiger partial charge in [-0.25, -0.2) is 0 Å². The van der Waals surface area contributed by atoms with Crippen LogP contribution in [0, 0.1) is 0 Å². The van der Waals surface area contributed by atoms with E-state index in [0.717, 1.165) is 10.9 Å². The summed E-state index contributed by atoms with van der Waals surface area (Å²) in [5.41, 5.74) is 0. The van der Waals surface area contributed by atoms with Crippen LogP contribution in [0.3, 0.4) is 0 Å². The van der Waals surface area contributed by atoms with E-state index >= 15 is 0 Å². The molecule has 19 heavy (non-hydrogen) atoms. The van der Waals surface area contributed by atoms with Crippen molar-refractivity contribution in [2.75, 3.05) is 26.2 Å². The largest absolute Gasteiger partial charge is 0.339 e. The number of hydrogen-bond donors (Lipinski definition) is 0. The van der Waals surface area contributed by atoms with Gasteiger partial charge < -0.3 is 9.80 Å². The van der Waals surface area contributed by atoms with Crippen molar-refractivity contribution >= 4 is 39.1 Å². The first-order chi connectivity index (χ1) is 9.06. The number of aryl methyl sites for hydroxylation is 1. The average molecular weight is 345 g/mol. The summed E-state index contributed by atoms with van der Waals surface area (Å²) in [6.07, 6.45) is 1.34. The molecule has 1 aromatic heterocycles. The lowest BCUT2D eigenvalue weighted by atomic mass is 10.2. The Kier molecular flexibility index (Phi) is 4.99. The lowest BCUT2D eigenvalue weighted by Crippen LogP contribution is -2.50. The molecule has 1 fully saturated rings. The summed E-state index contributed by atoms with van der Waals surface area (Å²) in [5.74, 6) is 0.281. The van der Waals surface area contributed by atoms with Gasteiger partial charge in [0.15, 0.2) is 0 Å². The second-order valence-corrected chi connectivity index (χ2v) is 6.53. The van der Waals surface area contributed by atoms with Crippen LogP contribution in [0.25, 0.3) is 0 Å². The maximum Gasteiger partial charge on any atom is 0.223 e. The summed E-state index contributed by atoms with van der Waals surface area (Å²) in [4.78, 5) is 28.2. The molecule has 2 heterocycles. The number of carbonyl (C=O) groups excluding carboxylic acids is 2. The quantitative estimate of drug-likeness (QED) is 0.842. The highest BCUT2D eigenvalue weighted by atomic mass is 79.9. The van der Waals surface area contributed by atoms with E-state index in [-0.39, 0.29) is 11.8 Å². The van der Waals surface area contributed by atoms with Gasteiger partial charge in [0.25, 0.3) is 0 Å². The molecule has 1 aromatic rings. The smallest absolute Gasteiger partial charge is 0.223 e. The van der Waals surface area contributed by atoms with Crippen molar-refractivity contribution in [1.82, 2.24) is 9.80 Å². The lowest BCUT2D eigenvalue weighted by molar-refractivity contribution is -0.138. The third-order valence-corrected chi connectivity index (χ3v) is 5.04. The maximum absolute atomic E-state index is 12.1. The minimum Gasteiger partial charge on any atom is -0.339 e. The van der Waals surface area contributed by atoms with E-state index in [2.05, 4.69) is 22.0 Å². The minimum atomic E-state index is 0.0931. The molecule has 1 aliphatic heterocycles. The van der Waals surface area contributed by atoms with Crippen molar-refractivity contribution in [3.63, 3.8) is 0 Å². The highest BCUT2D eigenvalue weighted by Gasteiger charge is 2.21. The Labute approximate surface area is 125 Å². The Morgan fingerprint density at radius 1 is 1.26 bits per heavy atom. The fourth-order valence-corrected chi connectivity index (χ4v) is 3.60. The Balaban J connectivity index is 1.77. The molecule has 0 bridgehead atoms. The zero-order chi connectivity index (χ0) is 13.8. The molecule has 0 N–H and O–H groups in total. The van der Waals surface area contributed by atoms with Crippen LogP contribution >= 0.6 is 27.3 Å². The summed E-state index contributed by atoms with van der Waals surface area (Å²) < 4.78 is 1.08. The van der Waals surface area contributed by atoms with Gasteiger partial charge in [-0.2, -0.15) is 0 Å². The summed E-state index contributed by atoms with van der Waals surface area (Å²) in [5, 5.41) is 2.03. The number of thiophene rings is 1. The molecule has 1 saturated heterocycles. The topological polar surface area (TPSA) is 40.6 Å². The number of piperazine rings is 1. The normalized spacial score (nSPS) is 15.7. The van der Waals surface area contributed by atoms with E-state index in [1.54, 1.807) is 23.2 Å². The molecule has 0 aliphatic carbocycles. The first-order valence-corrected chi connectivity index (χ1v) is 7.99. The van der Waals surface area contributed by atoms with Crippen LogP contribution in [0.15, 0.2) is 15.9 Å². The third kappa shape index (κ3) is 4.04. The van der Waals surface area contributed by atoms with Crippen LogP contribution in [0.2, 0.25) is 0 Å². The Morgan fingerprint density at radius 3 is 2.42 bits per heavy atom. The molecule has 0 saturated carbocycles. The standard InChI is InChI=1S/C13H17BrN2O2S/c1-10(17)15-4-6-16(7-5-15)13(18)3-2-12-8-11(14)9-19-12/h8-9H,2-7H2,1H3. The van der Waals surface area contributed by atoms with Crippen molar-refractivity contribution in [3.05, 3.63) is 20.8 Å². The van der Waals surface area contributed by atoms with Gasteiger partial charge in [-0.15, -0.1) is 11.3 Å². The van der Waals surface area contributed by atoms with Crippen molar-refractivity contribution in [2.45, 2.75) is 19.8 Å². The van der Waals surface area contributed by atoms with E-state index in [0.29, 0.717) is 32.6 Å². The van der Waals surface area contributed by atoms with Crippen LogP contribution in [-0.4, -0.2) is 47.8 Å². The monoisotopic (exact) mass is 344 g/mol. The molecule has 2 rings (SSSR count). The Hall–Kier alpha value is -0.880. The molecule has 2 amide bonds. The number of carbonyl (C=O) groups is 2. The van der Waals surface area contributed by atoms with Crippen LogP contribution in [0.1, 0.15) is 18.2 Å². The molecule has 0 unspecified atom stereocenters. The molecule has 6 heteroatoms. The first-order valence-electron chi connectivity index (χ1n) is 6.32. The van der Waals surface area contributed by atoms with Gasteiger partial charge in [0.2, 0.25) is 11.8 Å². The molecule has 1 aliphatic rings. The number of nitrogens with zero attached hydrogens (tertiary/aromatic N) is 2. The molecular formula is C13H17BrN2O2S. The van der Waals surface area contributed by atoms with Crippen molar-refractivity contribution in [2.24, 2.45) is 0 Å². The Morgan fingerprint density at radius 2 is 1.89 bits per heavy atom. The number of rotatable bonds is 3. The summed E-state index contributed by atoms with van der Waals surface area (Å²) >= 11 is 5.09. The lowest BCUT2D eigenvalue weighted by Gasteiger charge is -2.34. The number of halogens is 1.